The normalized spacial score (nSPS) is 20.9. The van der Waals surface area contributed by atoms with Crippen molar-refractivity contribution in [1.29, 1.82) is 0 Å². The van der Waals surface area contributed by atoms with Crippen molar-refractivity contribution in [2.75, 3.05) is 43.5 Å². The van der Waals surface area contributed by atoms with Crippen LogP contribution in [0, 0.1) is 5.82 Å². The maximum Gasteiger partial charge on any atom is 0.252 e. The topological polar surface area (TPSA) is 136 Å². The van der Waals surface area contributed by atoms with Crippen LogP contribution in [-0.2, 0) is 11.3 Å². The number of amides is 1. The van der Waals surface area contributed by atoms with E-state index in [1.165, 1.54) is 0 Å². The average molecular weight is 497 g/mol. The van der Waals surface area contributed by atoms with Gasteiger partial charge in [-0.1, -0.05) is 12.8 Å². The van der Waals surface area contributed by atoms with Crippen molar-refractivity contribution >= 4 is 34.1 Å². The molecular weight excluding hydrogens is 463 g/mol. The minimum absolute atomic E-state index is 0.0210. The first-order chi connectivity index (χ1) is 17.5. The summed E-state index contributed by atoms with van der Waals surface area (Å²) in [5.41, 5.74) is 13.3. The highest BCUT2D eigenvalue weighted by Gasteiger charge is 2.24. The smallest absolute Gasteiger partial charge is 0.252 e. The van der Waals surface area contributed by atoms with Crippen molar-refractivity contribution < 1.29 is 13.9 Å². The number of anilines is 3. The molecule has 3 aromatic rings. The van der Waals surface area contributed by atoms with Gasteiger partial charge in [0.2, 0.25) is 0 Å². The number of carbonyl (C=O) groups is 1. The number of benzene rings is 1. The van der Waals surface area contributed by atoms with Gasteiger partial charge in [-0.05, 0) is 37.1 Å². The van der Waals surface area contributed by atoms with Crippen LogP contribution in [0.15, 0.2) is 30.5 Å². The molecule has 0 unspecified atom stereocenters. The summed E-state index contributed by atoms with van der Waals surface area (Å²) < 4.78 is 22.1. The third kappa shape index (κ3) is 5.58. The maximum absolute atomic E-state index is 14.8. The minimum atomic E-state index is -0.762. The Morgan fingerprint density at radius 1 is 1.14 bits per heavy atom. The standard InChI is InChI=1S/C25H33FN8O2/c26-19-14-18(23(28)35)24(31-25(19)30-22-4-2-1-3-20(22)27)29-17-5-6-21-16(13-17)15-34(32-21)8-7-33-9-11-36-12-10-33/h5-6,13-15,20,22H,1-4,7-12,27H2,(H2,28,35)(H2,29,30,31)/t20-,22+/m0/s1. The number of nitrogens with two attached hydrogens (primary N) is 2. The molecule has 0 spiro atoms. The van der Waals surface area contributed by atoms with E-state index in [0.717, 1.165) is 82.0 Å². The zero-order valence-electron chi connectivity index (χ0n) is 20.3. The second-order valence-corrected chi connectivity index (χ2v) is 9.52. The van der Waals surface area contributed by atoms with Crippen LogP contribution in [-0.4, -0.2) is 70.5 Å². The van der Waals surface area contributed by atoms with Gasteiger partial charge in [-0.3, -0.25) is 14.4 Å². The number of pyridine rings is 1. The molecule has 11 heteroatoms. The summed E-state index contributed by atoms with van der Waals surface area (Å²) in [6.07, 6.45) is 5.80. The molecule has 0 bridgehead atoms. The number of nitrogens with zero attached hydrogens (tertiary/aromatic N) is 4. The van der Waals surface area contributed by atoms with Gasteiger partial charge in [0.1, 0.15) is 5.82 Å². The van der Waals surface area contributed by atoms with Crippen LogP contribution >= 0.6 is 0 Å². The van der Waals surface area contributed by atoms with Crippen molar-refractivity contribution in [3.8, 4) is 0 Å². The number of carbonyl (C=O) groups excluding carboxylic acids is 1. The molecule has 1 aliphatic heterocycles. The van der Waals surface area contributed by atoms with Gasteiger partial charge in [0, 0.05) is 49.0 Å². The molecule has 36 heavy (non-hydrogen) atoms. The van der Waals surface area contributed by atoms with Crippen molar-refractivity contribution in [2.24, 2.45) is 11.5 Å². The van der Waals surface area contributed by atoms with E-state index >= 15 is 0 Å². The molecule has 1 saturated carbocycles. The van der Waals surface area contributed by atoms with Crippen LogP contribution in [0.25, 0.3) is 10.9 Å². The molecular formula is C25H33FN8O2. The molecule has 2 fully saturated rings. The van der Waals surface area contributed by atoms with E-state index in [0.29, 0.717) is 5.69 Å². The molecule has 1 aromatic carbocycles. The van der Waals surface area contributed by atoms with Crippen LogP contribution in [0.4, 0.5) is 21.7 Å². The first-order valence-corrected chi connectivity index (χ1v) is 12.5. The number of rotatable bonds is 8. The minimum Gasteiger partial charge on any atom is -0.379 e. The summed E-state index contributed by atoms with van der Waals surface area (Å²) in [4.78, 5) is 18.8. The van der Waals surface area contributed by atoms with E-state index < -0.39 is 11.7 Å². The summed E-state index contributed by atoms with van der Waals surface area (Å²) in [6.45, 7) is 5.10. The highest BCUT2D eigenvalue weighted by molar-refractivity contribution is 5.99. The average Bonchev–Trinajstić information content (AvgIpc) is 3.28. The Morgan fingerprint density at radius 2 is 1.94 bits per heavy atom. The van der Waals surface area contributed by atoms with Crippen LogP contribution in [0.5, 0.6) is 0 Å². The third-order valence-corrected chi connectivity index (χ3v) is 6.95. The molecule has 192 valence electrons. The molecule has 10 nitrogen and oxygen atoms in total. The lowest BCUT2D eigenvalue weighted by atomic mass is 9.91. The van der Waals surface area contributed by atoms with Crippen LogP contribution in [0.2, 0.25) is 0 Å². The van der Waals surface area contributed by atoms with Crippen LogP contribution in [0.3, 0.4) is 0 Å². The largest absolute Gasteiger partial charge is 0.379 e. The van der Waals surface area contributed by atoms with Gasteiger partial charge in [0.05, 0.1) is 30.8 Å². The van der Waals surface area contributed by atoms with Crippen LogP contribution in [0.1, 0.15) is 36.0 Å². The monoisotopic (exact) mass is 496 g/mol. The second-order valence-electron chi connectivity index (χ2n) is 9.52. The number of nitrogens with one attached hydrogen (secondary N) is 2. The molecule has 0 radical (unpaired) electrons. The van der Waals surface area contributed by atoms with Gasteiger partial charge < -0.3 is 26.8 Å². The highest BCUT2D eigenvalue weighted by atomic mass is 19.1. The lowest BCUT2D eigenvalue weighted by molar-refractivity contribution is 0.0360. The van der Waals surface area contributed by atoms with E-state index in [4.69, 9.17) is 16.2 Å². The molecule has 2 atom stereocenters. The number of fused-ring (bicyclic) bond motifs is 1. The molecule has 1 saturated heterocycles. The summed E-state index contributed by atoms with van der Waals surface area (Å²) in [6, 6.07) is 6.64. The van der Waals surface area contributed by atoms with Crippen LogP contribution < -0.4 is 22.1 Å². The first kappa shape index (κ1) is 24.4. The molecule has 2 aliphatic rings. The fourth-order valence-corrected chi connectivity index (χ4v) is 4.86. The highest BCUT2D eigenvalue weighted by Crippen LogP contribution is 2.28. The number of ether oxygens (including phenoxy) is 1. The zero-order chi connectivity index (χ0) is 25.1. The Kier molecular flexibility index (Phi) is 7.30. The number of morpholine rings is 1. The Morgan fingerprint density at radius 3 is 2.72 bits per heavy atom. The Balaban J connectivity index is 1.34. The molecule has 2 aromatic heterocycles. The van der Waals surface area contributed by atoms with E-state index in [9.17, 15) is 9.18 Å². The van der Waals surface area contributed by atoms with Gasteiger partial charge in [-0.2, -0.15) is 5.10 Å². The number of aromatic nitrogens is 3. The first-order valence-electron chi connectivity index (χ1n) is 12.5. The molecule has 5 rings (SSSR count). The summed E-state index contributed by atoms with van der Waals surface area (Å²) in [5.74, 6) is -1.15. The Labute approximate surface area is 209 Å². The zero-order valence-corrected chi connectivity index (χ0v) is 20.3. The number of hydrogen-bond acceptors (Lipinski definition) is 8. The van der Waals surface area contributed by atoms with E-state index in [1.54, 1.807) is 0 Å². The molecule has 3 heterocycles. The number of primary amides is 1. The quantitative estimate of drug-likeness (QED) is 0.373. The Hall–Kier alpha value is -3.28. The number of halogens is 1. The van der Waals surface area contributed by atoms with E-state index in [2.05, 4.69) is 25.6 Å². The van der Waals surface area contributed by atoms with E-state index in [1.807, 2.05) is 29.1 Å². The SMILES string of the molecule is NC(=O)c1cc(F)c(N[C@@H]2CCCC[C@@H]2N)nc1Nc1ccc2nn(CCN3CCOCC3)cc2c1. The van der Waals surface area contributed by atoms with Gasteiger partial charge in [0.15, 0.2) is 11.6 Å². The second kappa shape index (κ2) is 10.8. The van der Waals surface area contributed by atoms with E-state index in [-0.39, 0.29) is 29.3 Å². The lowest BCUT2D eigenvalue weighted by Crippen LogP contribution is -2.43. The third-order valence-electron chi connectivity index (χ3n) is 6.95. The fraction of sp³-hybridized carbons (Fsp3) is 0.480. The lowest BCUT2D eigenvalue weighted by Gasteiger charge is -2.30. The molecule has 6 N–H and O–H groups in total. The van der Waals surface area contributed by atoms with Crippen molar-refractivity contribution in [2.45, 2.75) is 44.3 Å². The molecule has 1 amide bonds. The summed E-state index contributed by atoms with van der Waals surface area (Å²) in [7, 11) is 0. The Bertz CT molecular complexity index is 1230. The van der Waals surface area contributed by atoms with Gasteiger partial charge in [-0.25, -0.2) is 9.37 Å². The van der Waals surface area contributed by atoms with Crippen molar-refractivity contribution in [3.05, 3.63) is 41.8 Å². The van der Waals surface area contributed by atoms with Gasteiger partial charge >= 0.3 is 0 Å². The van der Waals surface area contributed by atoms with Crippen molar-refractivity contribution in [3.63, 3.8) is 0 Å². The predicted octanol–water partition coefficient (Wildman–Crippen LogP) is 2.43. The fourth-order valence-electron chi connectivity index (χ4n) is 4.86. The summed E-state index contributed by atoms with van der Waals surface area (Å²) in [5, 5.41) is 11.9. The van der Waals surface area contributed by atoms with Gasteiger partial charge in [-0.15, -0.1) is 0 Å². The molecule has 1 aliphatic carbocycles. The number of hydrogen-bond donors (Lipinski definition) is 4. The van der Waals surface area contributed by atoms with Crippen molar-refractivity contribution in [1.82, 2.24) is 19.7 Å². The summed E-state index contributed by atoms with van der Waals surface area (Å²) >= 11 is 0. The predicted molar refractivity (Wildman–Crippen MR) is 137 cm³/mol. The van der Waals surface area contributed by atoms with Gasteiger partial charge in [0.25, 0.3) is 5.91 Å². The maximum atomic E-state index is 14.8.